The molecule has 0 amide bonds. The number of esters is 1. The Balaban J connectivity index is 2.48. The first kappa shape index (κ1) is 8.94. The fourth-order valence-corrected chi connectivity index (χ4v) is 1.67. The fourth-order valence-electron chi connectivity index (χ4n) is 1.67. The molecule has 3 heteroatoms. The molecule has 1 heterocycles. The Morgan fingerprint density at radius 1 is 1.43 bits per heavy atom. The minimum atomic E-state index is -0.330. The van der Waals surface area contributed by atoms with Crippen molar-refractivity contribution in [3.63, 3.8) is 0 Å². The van der Waals surface area contributed by atoms with Gasteiger partial charge in [-0.3, -0.25) is 9.59 Å². The molecule has 0 spiro atoms. The lowest BCUT2D eigenvalue weighted by Crippen LogP contribution is -2.23. The van der Waals surface area contributed by atoms with E-state index in [0.717, 1.165) is 5.56 Å². The number of benzene rings is 1. The molecule has 3 nitrogen and oxygen atoms in total. The summed E-state index contributed by atoms with van der Waals surface area (Å²) in [5, 5.41) is 0. The standard InChI is InChI=1S/C11H10O3/c1-7(12)9-6-11(13)14-10-5-3-2-4-8(9)10/h2-5,9H,6H2,1H3. The summed E-state index contributed by atoms with van der Waals surface area (Å²) in [5.74, 6) is -0.130. The minimum Gasteiger partial charge on any atom is -0.426 e. The summed E-state index contributed by atoms with van der Waals surface area (Å²) in [5.41, 5.74) is 0.819. The van der Waals surface area contributed by atoms with Gasteiger partial charge in [0.25, 0.3) is 0 Å². The molecule has 2 rings (SSSR count). The van der Waals surface area contributed by atoms with E-state index in [0.29, 0.717) is 5.75 Å². The monoisotopic (exact) mass is 190 g/mol. The van der Waals surface area contributed by atoms with Crippen LogP contribution in [0.3, 0.4) is 0 Å². The number of hydrogen-bond donors (Lipinski definition) is 0. The van der Waals surface area contributed by atoms with E-state index in [9.17, 15) is 9.59 Å². The van der Waals surface area contributed by atoms with Crippen LogP contribution in [0.1, 0.15) is 24.8 Å². The van der Waals surface area contributed by atoms with Gasteiger partial charge in [0.2, 0.25) is 0 Å². The van der Waals surface area contributed by atoms with Crippen LogP contribution in [-0.2, 0) is 9.59 Å². The van der Waals surface area contributed by atoms with Crippen molar-refractivity contribution in [2.45, 2.75) is 19.3 Å². The van der Waals surface area contributed by atoms with E-state index in [2.05, 4.69) is 0 Å². The molecule has 1 unspecified atom stereocenters. The van der Waals surface area contributed by atoms with Crippen molar-refractivity contribution >= 4 is 11.8 Å². The molecule has 0 N–H and O–H groups in total. The maximum Gasteiger partial charge on any atom is 0.312 e. The zero-order chi connectivity index (χ0) is 10.1. The highest BCUT2D eigenvalue weighted by Crippen LogP contribution is 2.34. The molecule has 0 bridgehead atoms. The zero-order valence-corrected chi connectivity index (χ0v) is 7.82. The van der Waals surface area contributed by atoms with Crippen LogP contribution in [0, 0.1) is 0 Å². The molecule has 0 saturated heterocycles. The van der Waals surface area contributed by atoms with Crippen LogP contribution >= 0.6 is 0 Å². The molecule has 0 fully saturated rings. The molecule has 14 heavy (non-hydrogen) atoms. The predicted octanol–water partition coefficient (Wildman–Crippen LogP) is 1.67. The molecular weight excluding hydrogens is 180 g/mol. The quantitative estimate of drug-likeness (QED) is 0.499. The van der Waals surface area contributed by atoms with Gasteiger partial charge < -0.3 is 4.74 Å². The number of carbonyl (C=O) groups excluding carboxylic acids is 2. The van der Waals surface area contributed by atoms with Gasteiger partial charge in [0.1, 0.15) is 11.5 Å². The second kappa shape index (κ2) is 3.25. The van der Waals surface area contributed by atoms with E-state index >= 15 is 0 Å². The minimum absolute atomic E-state index is 0.00843. The normalized spacial score (nSPS) is 19.8. The van der Waals surface area contributed by atoms with Gasteiger partial charge in [-0.15, -0.1) is 0 Å². The van der Waals surface area contributed by atoms with Gasteiger partial charge in [-0.25, -0.2) is 0 Å². The van der Waals surface area contributed by atoms with E-state index in [4.69, 9.17) is 4.74 Å². The highest BCUT2D eigenvalue weighted by Gasteiger charge is 2.29. The van der Waals surface area contributed by atoms with Crippen molar-refractivity contribution in [1.82, 2.24) is 0 Å². The maximum absolute atomic E-state index is 11.3. The molecule has 1 aliphatic heterocycles. The predicted molar refractivity (Wildman–Crippen MR) is 50.1 cm³/mol. The SMILES string of the molecule is CC(=O)C1CC(=O)Oc2ccccc21. The molecule has 0 aromatic heterocycles. The van der Waals surface area contributed by atoms with E-state index in [1.54, 1.807) is 12.1 Å². The lowest BCUT2D eigenvalue weighted by Gasteiger charge is -2.21. The third-order valence-corrected chi connectivity index (χ3v) is 2.38. The third kappa shape index (κ3) is 1.41. The molecule has 72 valence electrons. The first-order valence-corrected chi connectivity index (χ1v) is 4.48. The zero-order valence-electron chi connectivity index (χ0n) is 7.82. The Hall–Kier alpha value is -1.64. The summed E-state index contributed by atoms with van der Waals surface area (Å²) >= 11 is 0. The number of hydrogen-bond acceptors (Lipinski definition) is 3. The number of rotatable bonds is 1. The molecule has 1 aliphatic rings. The molecular formula is C11H10O3. The van der Waals surface area contributed by atoms with E-state index in [1.807, 2.05) is 12.1 Å². The molecule has 0 saturated carbocycles. The van der Waals surface area contributed by atoms with Gasteiger partial charge >= 0.3 is 5.97 Å². The van der Waals surface area contributed by atoms with Crippen molar-refractivity contribution in [2.24, 2.45) is 0 Å². The second-order valence-corrected chi connectivity index (χ2v) is 3.38. The van der Waals surface area contributed by atoms with Crippen LogP contribution in [0.25, 0.3) is 0 Å². The Kier molecular flexibility index (Phi) is 2.08. The Morgan fingerprint density at radius 3 is 2.86 bits per heavy atom. The van der Waals surface area contributed by atoms with Gasteiger partial charge in [0.15, 0.2) is 0 Å². The van der Waals surface area contributed by atoms with Crippen molar-refractivity contribution in [3.05, 3.63) is 29.8 Å². The van der Waals surface area contributed by atoms with Crippen LogP contribution < -0.4 is 4.74 Å². The maximum atomic E-state index is 11.3. The molecule has 1 aromatic carbocycles. The summed E-state index contributed by atoms with van der Waals surface area (Å²) < 4.78 is 5.02. The molecule has 0 aliphatic carbocycles. The van der Waals surface area contributed by atoms with Gasteiger partial charge in [-0.1, -0.05) is 18.2 Å². The molecule has 0 radical (unpaired) electrons. The average Bonchev–Trinajstić information content (AvgIpc) is 2.16. The van der Waals surface area contributed by atoms with Crippen LogP contribution in [0.4, 0.5) is 0 Å². The van der Waals surface area contributed by atoms with Crippen LogP contribution in [0.2, 0.25) is 0 Å². The van der Waals surface area contributed by atoms with Gasteiger partial charge in [-0.2, -0.15) is 0 Å². The Labute approximate surface area is 81.7 Å². The summed E-state index contributed by atoms with van der Waals surface area (Å²) in [4.78, 5) is 22.5. The highest BCUT2D eigenvalue weighted by atomic mass is 16.5. The summed E-state index contributed by atoms with van der Waals surface area (Å²) in [6.07, 6.45) is 0.159. The van der Waals surface area contributed by atoms with E-state index in [1.165, 1.54) is 6.92 Å². The van der Waals surface area contributed by atoms with Gasteiger partial charge in [0.05, 0.1) is 12.3 Å². The lowest BCUT2D eigenvalue weighted by atomic mass is 9.90. The number of carbonyl (C=O) groups is 2. The summed E-state index contributed by atoms with van der Waals surface area (Å²) in [7, 11) is 0. The average molecular weight is 190 g/mol. The van der Waals surface area contributed by atoms with Gasteiger partial charge in [-0.05, 0) is 13.0 Å². The Bertz CT molecular complexity index is 395. The smallest absolute Gasteiger partial charge is 0.312 e. The topological polar surface area (TPSA) is 43.4 Å². The van der Waals surface area contributed by atoms with Crippen molar-refractivity contribution in [1.29, 1.82) is 0 Å². The van der Waals surface area contributed by atoms with Crippen molar-refractivity contribution in [3.8, 4) is 5.75 Å². The highest BCUT2D eigenvalue weighted by molar-refractivity contribution is 5.91. The van der Waals surface area contributed by atoms with Crippen LogP contribution in [0.5, 0.6) is 5.75 Å². The Morgan fingerprint density at radius 2 is 2.14 bits per heavy atom. The summed E-state index contributed by atoms with van der Waals surface area (Å²) in [6.45, 7) is 1.50. The lowest BCUT2D eigenvalue weighted by molar-refractivity contribution is -0.138. The number of ether oxygens (including phenoxy) is 1. The van der Waals surface area contributed by atoms with E-state index in [-0.39, 0.29) is 24.1 Å². The molecule has 1 atom stereocenters. The largest absolute Gasteiger partial charge is 0.426 e. The molecule has 1 aromatic rings. The van der Waals surface area contributed by atoms with Crippen molar-refractivity contribution in [2.75, 3.05) is 0 Å². The van der Waals surface area contributed by atoms with Crippen LogP contribution in [0.15, 0.2) is 24.3 Å². The first-order chi connectivity index (χ1) is 6.68. The fraction of sp³-hybridized carbons (Fsp3) is 0.273. The van der Waals surface area contributed by atoms with Crippen molar-refractivity contribution < 1.29 is 14.3 Å². The number of ketones is 1. The number of para-hydroxylation sites is 1. The van der Waals surface area contributed by atoms with Gasteiger partial charge in [0, 0.05) is 5.56 Å². The number of Topliss-reactive ketones (excluding diaryl/α,β-unsaturated/α-hetero) is 1. The summed E-state index contributed by atoms with van der Waals surface area (Å²) in [6, 6.07) is 7.17. The van der Waals surface area contributed by atoms with E-state index < -0.39 is 0 Å². The number of fused-ring (bicyclic) bond motifs is 1. The van der Waals surface area contributed by atoms with Crippen LogP contribution in [-0.4, -0.2) is 11.8 Å². The second-order valence-electron chi connectivity index (χ2n) is 3.38. The third-order valence-electron chi connectivity index (χ3n) is 2.38. The first-order valence-electron chi connectivity index (χ1n) is 4.48.